The van der Waals surface area contributed by atoms with Gasteiger partial charge in [-0.25, -0.2) is 0 Å². The highest BCUT2D eigenvalue weighted by Crippen LogP contribution is 2.62. The van der Waals surface area contributed by atoms with Crippen molar-refractivity contribution in [1.82, 2.24) is 0 Å². The van der Waals surface area contributed by atoms with E-state index >= 15 is 0 Å². The Balaban J connectivity index is 0.000000123. The summed E-state index contributed by atoms with van der Waals surface area (Å²) in [4.78, 5) is 57.8. The first kappa shape index (κ1) is 63.4. The molecule has 5 aromatic rings. The average Bonchev–Trinajstić information content (AvgIpc) is 2.13. The number of amides is 4. The molecule has 6 fully saturated rings. The molecule has 6 saturated carbocycles. The highest BCUT2D eigenvalue weighted by atomic mass is 16.2. The first-order chi connectivity index (χ1) is 43.6. The molecule has 0 radical (unpaired) electrons. The van der Waals surface area contributed by atoms with Gasteiger partial charge in [-0.3, -0.25) is 19.2 Å². The minimum Gasteiger partial charge on any atom is -0.329 e. The second kappa shape index (κ2) is 30.1. The summed E-state index contributed by atoms with van der Waals surface area (Å²) in [6, 6.07) is 42.5. The zero-order valence-electron chi connectivity index (χ0n) is 52.6. The van der Waals surface area contributed by atoms with Gasteiger partial charge in [0.25, 0.3) is 23.6 Å². The van der Waals surface area contributed by atoms with E-state index in [1.807, 2.05) is 113 Å². The van der Waals surface area contributed by atoms with E-state index in [0.29, 0.717) is 57.8 Å². The van der Waals surface area contributed by atoms with E-state index in [1.54, 1.807) is 9.80 Å². The van der Waals surface area contributed by atoms with Crippen molar-refractivity contribution in [3.63, 3.8) is 0 Å². The lowest BCUT2D eigenvalue weighted by molar-refractivity contribution is -0.113. The van der Waals surface area contributed by atoms with Crippen molar-refractivity contribution in [2.45, 2.75) is 135 Å². The lowest BCUT2D eigenvalue weighted by Crippen LogP contribution is -2.45. The second-order valence-electron chi connectivity index (χ2n) is 26.6. The molecule has 0 spiro atoms. The Labute approximate surface area is 529 Å². The summed E-state index contributed by atoms with van der Waals surface area (Å²) in [5.41, 5.74) is 36.2. The number of nitrogens with two attached hydrogens (primary N) is 4. The molecule has 15 rings (SSSR count). The van der Waals surface area contributed by atoms with Gasteiger partial charge in [0.1, 0.15) is 0 Å². The highest BCUT2D eigenvalue weighted by Gasteiger charge is 2.50. The lowest BCUT2D eigenvalue weighted by atomic mass is 9.48. The number of fused-ring (bicyclic) bond motifs is 4. The smallest absolute Gasteiger partial charge is 0.258 e. The van der Waals surface area contributed by atoms with Crippen LogP contribution in [0.1, 0.15) is 156 Å². The van der Waals surface area contributed by atoms with Crippen LogP contribution >= 0.6 is 0 Å². The van der Waals surface area contributed by atoms with Gasteiger partial charge in [-0.05, 0) is 155 Å². The molecule has 12 heteroatoms. The summed E-state index contributed by atoms with van der Waals surface area (Å²) in [6.07, 6.45) is 35.6. The summed E-state index contributed by atoms with van der Waals surface area (Å²) in [7, 11) is 0. The summed E-state index contributed by atoms with van der Waals surface area (Å²) in [5, 5.41) is 0. The van der Waals surface area contributed by atoms with Crippen LogP contribution in [0, 0.1) is 35.0 Å². The van der Waals surface area contributed by atoms with Crippen LogP contribution < -0.4 is 42.5 Å². The molecular weight excluding hydrogens is 1100 g/mol. The van der Waals surface area contributed by atoms with Crippen molar-refractivity contribution < 1.29 is 19.2 Å². The Bertz CT molecular complexity index is 3370. The normalized spacial score (nSPS) is 23.8. The molecular formula is C77H96N8O4. The fraction of sp³-hybridized carbons (Fsp3) is 0.455. The predicted molar refractivity (Wildman–Crippen MR) is 366 cm³/mol. The third-order valence-electron chi connectivity index (χ3n) is 20.3. The van der Waals surface area contributed by atoms with Gasteiger partial charge < -0.3 is 42.5 Å². The molecule has 10 aliphatic rings. The Morgan fingerprint density at radius 3 is 1.07 bits per heavy atom. The number of carbonyl (C=O) groups is 4. The summed E-state index contributed by atoms with van der Waals surface area (Å²) >= 11 is 0. The molecule has 0 unspecified atom stereocenters. The molecule has 12 nitrogen and oxygen atoms in total. The van der Waals surface area contributed by atoms with E-state index in [2.05, 4.69) is 48.6 Å². The number of rotatable bonds is 20. The van der Waals surface area contributed by atoms with Crippen LogP contribution in [-0.2, 0) is 25.6 Å². The van der Waals surface area contributed by atoms with Crippen molar-refractivity contribution in [3.05, 3.63) is 180 Å². The van der Waals surface area contributed by atoms with Crippen molar-refractivity contribution in [3.8, 4) is 0 Å². The third-order valence-corrected chi connectivity index (χ3v) is 20.3. The number of anilines is 4. The maximum atomic E-state index is 12.9. The SMILES string of the molecule is NCCN1C(=O)/C(=C/CCC23CC4CC(CC(C4)C2)C3)c2ccccc21.NCCN1C(=O)/C(=C/CCC2CC2)c2ccccc21.NCCN1C(=O)/C(=C/CCC2CCCCC2)c2ccccc21.NCCN1C(=O)/C(=C/CCc2ccccc2)c2ccccc21. The molecule has 468 valence electrons. The number of hydrogen-bond acceptors (Lipinski definition) is 8. The molecule has 89 heavy (non-hydrogen) atoms. The number of allylic oxidation sites excluding steroid dienone is 4. The maximum Gasteiger partial charge on any atom is 0.258 e. The van der Waals surface area contributed by atoms with Crippen LogP contribution in [0.4, 0.5) is 22.7 Å². The molecule has 0 aromatic heterocycles. The lowest BCUT2D eigenvalue weighted by Gasteiger charge is -2.57. The van der Waals surface area contributed by atoms with Crippen molar-refractivity contribution in [2.24, 2.45) is 57.9 Å². The van der Waals surface area contributed by atoms with Crippen LogP contribution in [0.5, 0.6) is 0 Å². The molecule has 4 aliphatic heterocycles. The largest absolute Gasteiger partial charge is 0.329 e. The Hall–Kier alpha value is -7.22. The number of nitrogens with zero attached hydrogens (tertiary/aromatic N) is 4. The fourth-order valence-corrected chi connectivity index (χ4v) is 16.4. The van der Waals surface area contributed by atoms with Gasteiger partial charge in [-0.1, -0.05) is 172 Å². The Morgan fingerprint density at radius 2 is 0.708 bits per heavy atom. The van der Waals surface area contributed by atoms with E-state index < -0.39 is 0 Å². The Kier molecular flexibility index (Phi) is 21.4. The van der Waals surface area contributed by atoms with E-state index in [9.17, 15) is 19.2 Å². The summed E-state index contributed by atoms with van der Waals surface area (Å²) < 4.78 is 0. The number of aryl methyl sites for hydroxylation is 1. The van der Waals surface area contributed by atoms with Gasteiger partial charge >= 0.3 is 0 Å². The van der Waals surface area contributed by atoms with Crippen LogP contribution in [0.2, 0.25) is 0 Å². The molecule has 6 aliphatic carbocycles. The molecule has 0 atom stereocenters. The topological polar surface area (TPSA) is 185 Å². The average molecular weight is 1200 g/mol. The number of para-hydroxylation sites is 4. The molecule has 0 saturated heterocycles. The van der Waals surface area contributed by atoms with Crippen molar-refractivity contribution in [2.75, 3.05) is 72.0 Å². The first-order valence-electron chi connectivity index (χ1n) is 33.9. The minimum absolute atomic E-state index is 0.0692. The van der Waals surface area contributed by atoms with Crippen LogP contribution in [0.25, 0.3) is 22.3 Å². The molecule has 4 bridgehead atoms. The second-order valence-corrected chi connectivity index (χ2v) is 26.6. The zero-order valence-corrected chi connectivity index (χ0v) is 52.6. The van der Waals surface area contributed by atoms with Gasteiger partial charge in [0.05, 0.1) is 22.7 Å². The predicted octanol–water partition coefficient (Wildman–Crippen LogP) is 13.7. The maximum absolute atomic E-state index is 12.9. The standard InChI is InChI=1S/C23H30N2O.C19H26N2O.C19H20N2O.C16H20N2O/c24-8-9-25-21-6-2-1-4-19(21)20(22(25)26)5-3-7-23-13-16-10-17(14-23)12-18(11-16)15-23;2*20-13-14-21-18-12-5-4-10-16(18)17(19(21)22)11-6-9-15-7-2-1-3-8-15;17-10-11-18-15-7-2-1-5-13(15)14(16(18)19)6-3-4-12-8-9-12/h1-2,4-6,16-18H,3,7-15,24H2;4-5,10-12,15H,1-3,6-9,13-14,20H2;1-5,7-8,10-12H,6,9,13-14,20H2;1-2,5-7,12H,3-4,8-11,17H2/b20-5+;2*17-11+;14-6+. The highest BCUT2D eigenvalue weighted by molar-refractivity contribution is 6.34. The van der Waals surface area contributed by atoms with Crippen molar-refractivity contribution in [1.29, 1.82) is 0 Å². The number of benzene rings is 5. The van der Waals surface area contributed by atoms with E-state index in [4.69, 9.17) is 22.9 Å². The molecule has 4 heterocycles. The van der Waals surface area contributed by atoms with Gasteiger partial charge in [0, 0.05) is 96.9 Å². The van der Waals surface area contributed by atoms with E-state index in [1.165, 1.54) is 108 Å². The number of carbonyl (C=O) groups excluding carboxylic acids is 4. The van der Waals surface area contributed by atoms with Gasteiger partial charge in [0.15, 0.2) is 0 Å². The summed E-state index contributed by atoms with van der Waals surface area (Å²) in [6.45, 7) is 4.31. The zero-order chi connectivity index (χ0) is 61.7. The monoisotopic (exact) mass is 1200 g/mol. The number of hydrogen-bond donors (Lipinski definition) is 4. The summed E-state index contributed by atoms with van der Waals surface area (Å²) in [5.74, 6) is 5.22. The van der Waals surface area contributed by atoms with Crippen molar-refractivity contribution >= 4 is 68.7 Å². The van der Waals surface area contributed by atoms with E-state index in [0.717, 1.165) is 129 Å². The first-order valence-corrected chi connectivity index (χ1v) is 33.9. The van der Waals surface area contributed by atoms with Crippen LogP contribution in [-0.4, -0.2) is 76.0 Å². The van der Waals surface area contributed by atoms with Gasteiger partial charge in [-0.15, -0.1) is 0 Å². The van der Waals surface area contributed by atoms with Gasteiger partial charge in [0.2, 0.25) is 0 Å². The molecule has 8 N–H and O–H groups in total. The van der Waals surface area contributed by atoms with Crippen LogP contribution in [0.15, 0.2) is 152 Å². The fourth-order valence-electron chi connectivity index (χ4n) is 16.4. The third kappa shape index (κ3) is 14.8. The quantitative estimate of drug-likeness (QED) is 0.0555. The van der Waals surface area contributed by atoms with E-state index in [-0.39, 0.29) is 23.6 Å². The Morgan fingerprint density at radius 1 is 0.382 bits per heavy atom. The van der Waals surface area contributed by atoms with Gasteiger partial charge in [-0.2, -0.15) is 0 Å². The van der Waals surface area contributed by atoms with Crippen LogP contribution in [0.3, 0.4) is 0 Å². The minimum atomic E-state index is 0.0692. The molecule has 4 amide bonds. The molecule has 5 aromatic carbocycles.